The van der Waals surface area contributed by atoms with Crippen molar-refractivity contribution in [3.05, 3.63) is 29.6 Å². The summed E-state index contributed by atoms with van der Waals surface area (Å²) in [4.78, 5) is 23.2. The highest BCUT2D eigenvalue weighted by atomic mass is 19.2. The normalized spacial score (nSPS) is 16.7. The number of anilines is 1. The van der Waals surface area contributed by atoms with Gasteiger partial charge in [0.25, 0.3) is 0 Å². The largest absolute Gasteiger partial charge is 0.481 e. The number of carboxylic acids is 1. The predicted molar refractivity (Wildman–Crippen MR) is 68.1 cm³/mol. The van der Waals surface area contributed by atoms with Gasteiger partial charge in [0.2, 0.25) is 5.91 Å². The molecule has 1 aromatic carbocycles. The van der Waals surface area contributed by atoms with E-state index in [1.54, 1.807) is 0 Å². The Balaban J connectivity index is 2.10. The Morgan fingerprint density at radius 1 is 1.14 bits per heavy atom. The summed E-state index contributed by atoms with van der Waals surface area (Å²) in [5.74, 6) is -6.17. The second kappa shape index (κ2) is 5.75. The van der Waals surface area contributed by atoms with Crippen LogP contribution in [0, 0.1) is 22.9 Å². The monoisotopic (exact) mass is 301 g/mol. The van der Waals surface area contributed by atoms with Crippen LogP contribution in [0.15, 0.2) is 12.1 Å². The standard InChI is InChI=1S/C14H14F3NO3/c15-9-5-8(6-10(16)12(9)17)18-11(19)7-14(13(20)21)3-1-2-4-14/h5-6H,1-4,7H2,(H,18,19)(H,20,21). The molecule has 0 spiro atoms. The molecule has 1 fully saturated rings. The summed E-state index contributed by atoms with van der Waals surface area (Å²) in [6, 6.07) is 1.30. The number of aliphatic carboxylic acids is 1. The van der Waals surface area contributed by atoms with Crippen molar-refractivity contribution in [1.82, 2.24) is 0 Å². The van der Waals surface area contributed by atoms with Crippen LogP contribution in [0.4, 0.5) is 18.9 Å². The fraction of sp³-hybridized carbons (Fsp3) is 0.429. The summed E-state index contributed by atoms with van der Waals surface area (Å²) in [5, 5.41) is 11.5. The van der Waals surface area contributed by atoms with Crippen molar-refractivity contribution in [2.45, 2.75) is 32.1 Å². The number of carbonyl (C=O) groups is 2. The Bertz CT molecular complexity index is 560. The molecular weight excluding hydrogens is 287 g/mol. The number of hydrogen-bond acceptors (Lipinski definition) is 2. The van der Waals surface area contributed by atoms with Crippen LogP contribution in [0.5, 0.6) is 0 Å². The molecule has 1 aliphatic carbocycles. The third-order valence-electron chi connectivity index (χ3n) is 3.78. The summed E-state index contributed by atoms with van der Waals surface area (Å²) >= 11 is 0. The number of hydrogen-bond donors (Lipinski definition) is 2. The third-order valence-corrected chi connectivity index (χ3v) is 3.78. The van der Waals surface area contributed by atoms with E-state index in [-0.39, 0.29) is 12.1 Å². The lowest BCUT2D eigenvalue weighted by Crippen LogP contribution is -2.32. The molecule has 2 N–H and O–H groups in total. The van der Waals surface area contributed by atoms with E-state index >= 15 is 0 Å². The molecule has 4 nitrogen and oxygen atoms in total. The minimum atomic E-state index is -1.62. The maximum Gasteiger partial charge on any atom is 0.310 e. The second-order valence-electron chi connectivity index (χ2n) is 5.27. The molecule has 21 heavy (non-hydrogen) atoms. The Labute approximate surface area is 119 Å². The zero-order valence-corrected chi connectivity index (χ0v) is 11.1. The van der Waals surface area contributed by atoms with Crippen LogP contribution in [0.25, 0.3) is 0 Å². The van der Waals surface area contributed by atoms with Crippen molar-refractivity contribution < 1.29 is 27.9 Å². The minimum absolute atomic E-state index is 0.241. The molecule has 2 rings (SSSR count). The van der Waals surface area contributed by atoms with Gasteiger partial charge in [0, 0.05) is 24.2 Å². The number of benzene rings is 1. The van der Waals surface area contributed by atoms with Crippen molar-refractivity contribution >= 4 is 17.6 Å². The molecule has 0 unspecified atom stereocenters. The Morgan fingerprint density at radius 2 is 1.67 bits per heavy atom. The first kappa shape index (κ1) is 15.3. The maximum absolute atomic E-state index is 13.0. The zero-order valence-electron chi connectivity index (χ0n) is 11.1. The molecule has 1 amide bonds. The number of nitrogens with one attached hydrogen (secondary N) is 1. The van der Waals surface area contributed by atoms with Crippen molar-refractivity contribution in [3.63, 3.8) is 0 Å². The smallest absolute Gasteiger partial charge is 0.310 e. The van der Waals surface area contributed by atoms with Crippen molar-refractivity contribution in [2.75, 3.05) is 5.32 Å². The quantitative estimate of drug-likeness (QED) is 0.840. The number of carbonyl (C=O) groups excluding carboxylic acids is 1. The SMILES string of the molecule is O=C(CC1(C(=O)O)CCCC1)Nc1cc(F)c(F)c(F)c1. The number of carboxylic acid groups (broad SMARTS) is 1. The molecule has 1 aromatic rings. The fourth-order valence-electron chi connectivity index (χ4n) is 2.66. The van der Waals surface area contributed by atoms with Gasteiger partial charge in [-0.05, 0) is 12.8 Å². The van der Waals surface area contributed by atoms with E-state index < -0.39 is 34.7 Å². The van der Waals surface area contributed by atoms with Gasteiger partial charge in [0.1, 0.15) is 0 Å². The van der Waals surface area contributed by atoms with Gasteiger partial charge in [0.05, 0.1) is 5.41 Å². The number of halogens is 3. The molecule has 1 saturated carbocycles. The number of amides is 1. The molecule has 0 aromatic heterocycles. The average molecular weight is 301 g/mol. The molecule has 0 saturated heterocycles. The molecule has 114 valence electrons. The van der Waals surface area contributed by atoms with E-state index in [2.05, 4.69) is 5.32 Å². The van der Waals surface area contributed by atoms with Crippen molar-refractivity contribution in [3.8, 4) is 0 Å². The fourth-order valence-corrected chi connectivity index (χ4v) is 2.66. The van der Waals surface area contributed by atoms with E-state index in [1.165, 1.54) is 0 Å². The van der Waals surface area contributed by atoms with Gasteiger partial charge in [0.15, 0.2) is 17.5 Å². The topological polar surface area (TPSA) is 66.4 Å². The van der Waals surface area contributed by atoms with Gasteiger partial charge >= 0.3 is 5.97 Å². The van der Waals surface area contributed by atoms with Gasteiger partial charge in [-0.3, -0.25) is 9.59 Å². The van der Waals surface area contributed by atoms with E-state index in [0.717, 1.165) is 12.8 Å². The highest BCUT2D eigenvalue weighted by Gasteiger charge is 2.43. The summed E-state index contributed by atoms with van der Waals surface area (Å²) in [6.45, 7) is 0. The summed E-state index contributed by atoms with van der Waals surface area (Å²) in [5.41, 5.74) is -1.36. The molecule has 0 heterocycles. The first-order valence-electron chi connectivity index (χ1n) is 6.52. The zero-order chi connectivity index (χ0) is 15.6. The van der Waals surface area contributed by atoms with E-state index in [4.69, 9.17) is 0 Å². The van der Waals surface area contributed by atoms with E-state index in [0.29, 0.717) is 25.0 Å². The van der Waals surface area contributed by atoms with E-state index in [9.17, 15) is 27.9 Å². The molecule has 0 atom stereocenters. The van der Waals surface area contributed by atoms with Crippen LogP contribution >= 0.6 is 0 Å². The lowest BCUT2D eigenvalue weighted by Gasteiger charge is -2.22. The van der Waals surface area contributed by atoms with Gasteiger partial charge in [-0.1, -0.05) is 12.8 Å². The highest BCUT2D eigenvalue weighted by molar-refractivity contribution is 5.94. The maximum atomic E-state index is 13.0. The molecule has 0 radical (unpaired) electrons. The van der Waals surface area contributed by atoms with E-state index in [1.807, 2.05) is 0 Å². The van der Waals surface area contributed by atoms with Crippen molar-refractivity contribution in [1.29, 1.82) is 0 Å². The van der Waals surface area contributed by atoms with Gasteiger partial charge in [-0.25, -0.2) is 13.2 Å². The summed E-state index contributed by atoms with van der Waals surface area (Å²) in [7, 11) is 0. The van der Waals surface area contributed by atoms with Crippen LogP contribution in [0.1, 0.15) is 32.1 Å². The number of rotatable bonds is 4. The first-order valence-corrected chi connectivity index (χ1v) is 6.52. The molecular formula is C14H14F3NO3. The van der Waals surface area contributed by atoms with Gasteiger partial charge < -0.3 is 10.4 Å². The Kier molecular flexibility index (Phi) is 4.20. The van der Waals surface area contributed by atoms with Crippen LogP contribution in [0.2, 0.25) is 0 Å². The molecule has 0 bridgehead atoms. The third kappa shape index (κ3) is 3.17. The lowest BCUT2D eigenvalue weighted by atomic mass is 9.82. The second-order valence-corrected chi connectivity index (χ2v) is 5.27. The minimum Gasteiger partial charge on any atom is -0.481 e. The Hall–Kier alpha value is -2.05. The molecule has 0 aliphatic heterocycles. The Morgan fingerprint density at radius 3 is 2.14 bits per heavy atom. The van der Waals surface area contributed by atoms with Crippen LogP contribution in [0.3, 0.4) is 0 Å². The van der Waals surface area contributed by atoms with Gasteiger partial charge in [-0.15, -0.1) is 0 Å². The predicted octanol–water partition coefficient (Wildman–Crippen LogP) is 3.08. The molecule has 7 heteroatoms. The highest BCUT2D eigenvalue weighted by Crippen LogP contribution is 2.41. The average Bonchev–Trinajstić information content (AvgIpc) is 2.85. The summed E-state index contributed by atoms with van der Waals surface area (Å²) in [6.07, 6.45) is 1.95. The van der Waals surface area contributed by atoms with Crippen LogP contribution in [-0.4, -0.2) is 17.0 Å². The van der Waals surface area contributed by atoms with Gasteiger partial charge in [-0.2, -0.15) is 0 Å². The van der Waals surface area contributed by atoms with Crippen LogP contribution in [-0.2, 0) is 9.59 Å². The summed E-state index contributed by atoms with van der Waals surface area (Å²) < 4.78 is 38.9. The molecule has 1 aliphatic rings. The first-order chi connectivity index (χ1) is 9.84. The lowest BCUT2D eigenvalue weighted by molar-refractivity contribution is -0.150. The van der Waals surface area contributed by atoms with Crippen molar-refractivity contribution in [2.24, 2.45) is 5.41 Å². The van der Waals surface area contributed by atoms with Crippen LogP contribution < -0.4 is 5.32 Å².